The van der Waals surface area contributed by atoms with Crippen LogP contribution in [0.15, 0.2) is 0 Å². The Bertz CT molecular complexity index is 363. The zero-order valence-electron chi connectivity index (χ0n) is 11.8. The van der Waals surface area contributed by atoms with Crippen LogP contribution in [0.3, 0.4) is 0 Å². The molecule has 0 aliphatic heterocycles. The van der Waals surface area contributed by atoms with Gasteiger partial charge in [-0.15, -0.1) is 0 Å². The van der Waals surface area contributed by atoms with Crippen molar-refractivity contribution in [1.29, 1.82) is 5.26 Å². The van der Waals surface area contributed by atoms with E-state index in [0.717, 1.165) is 32.2 Å². The molecule has 0 radical (unpaired) electrons. The first-order valence-corrected chi connectivity index (χ1v) is 8.64. The van der Waals surface area contributed by atoms with Crippen LogP contribution in [-0.2, 0) is 4.79 Å². The number of nitriles is 1. The molecule has 106 valence electrons. The van der Waals surface area contributed by atoms with Crippen molar-refractivity contribution in [3.63, 3.8) is 0 Å². The van der Waals surface area contributed by atoms with E-state index in [9.17, 15) is 10.1 Å². The second kappa shape index (κ2) is 6.17. The molecule has 19 heavy (non-hydrogen) atoms. The SMILES string of the molecule is CSC1(CNC(=O)C2(C#N)CCCC2)CCCCC1. The van der Waals surface area contributed by atoms with Gasteiger partial charge in [-0.1, -0.05) is 32.1 Å². The van der Waals surface area contributed by atoms with Gasteiger partial charge in [-0.3, -0.25) is 4.79 Å². The van der Waals surface area contributed by atoms with Gasteiger partial charge in [0.05, 0.1) is 6.07 Å². The van der Waals surface area contributed by atoms with Crippen LogP contribution < -0.4 is 5.32 Å². The summed E-state index contributed by atoms with van der Waals surface area (Å²) in [5.41, 5.74) is -0.728. The smallest absolute Gasteiger partial charge is 0.240 e. The predicted octanol–water partition coefficient (Wildman–Crippen LogP) is 3.25. The zero-order valence-corrected chi connectivity index (χ0v) is 12.7. The lowest BCUT2D eigenvalue weighted by Crippen LogP contribution is -2.46. The van der Waals surface area contributed by atoms with E-state index in [2.05, 4.69) is 17.6 Å². The molecule has 1 amide bonds. The molecule has 2 fully saturated rings. The summed E-state index contributed by atoms with van der Waals surface area (Å²) in [6.45, 7) is 0.733. The third kappa shape index (κ3) is 3.08. The summed E-state index contributed by atoms with van der Waals surface area (Å²) in [7, 11) is 0. The number of nitrogens with one attached hydrogen (secondary N) is 1. The largest absolute Gasteiger partial charge is 0.353 e. The van der Waals surface area contributed by atoms with Crippen molar-refractivity contribution in [2.75, 3.05) is 12.8 Å². The van der Waals surface area contributed by atoms with Gasteiger partial charge in [0.15, 0.2) is 0 Å². The van der Waals surface area contributed by atoms with E-state index >= 15 is 0 Å². The van der Waals surface area contributed by atoms with Crippen molar-refractivity contribution >= 4 is 17.7 Å². The first-order chi connectivity index (χ1) is 9.16. The van der Waals surface area contributed by atoms with Crippen molar-refractivity contribution in [3.05, 3.63) is 0 Å². The van der Waals surface area contributed by atoms with Gasteiger partial charge in [-0.25, -0.2) is 0 Å². The summed E-state index contributed by atoms with van der Waals surface area (Å²) in [6, 6.07) is 2.28. The van der Waals surface area contributed by atoms with Gasteiger partial charge in [-0.2, -0.15) is 17.0 Å². The molecule has 4 heteroatoms. The molecule has 0 aromatic carbocycles. The molecule has 0 spiro atoms. The van der Waals surface area contributed by atoms with Crippen molar-refractivity contribution in [1.82, 2.24) is 5.32 Å². The van der Waals surface area contributed by atoms with Gasteiger partial charge in [0, 0.05) is 11.3 Å². The fraction of sp³-hybridized carbons (Fsp3) is 0.867. The third-order valence-electron chi connectivity index (χ3n) is 4.87. The van der Waals surface area contributed by atoms with Crippen molar-refractivity contribution < 1.29 is 4.79 Å². The molecule has 0 saturated heterocycles. The topological polar surface area (TPSA) is 52.9 Å². The van der Waals surface area contributed by atoms with Crippen LogP contribution in [-0.4, -0.2) is 23.5 Å². The predicted molar refractivity (Wildman–Crippen MR) is 78.9 cm³/mol. The monoisotopic (exact) mass is 280 g/mol. The minimum absolute atomic E-state index is 0.0218. The highest BCUT2D eigenvalue weighted by molar-refractivity contribution is 8.00. The van der Waals surface area contributed by atoms with E-state index < -0.39 is 5.41 Å². The standard InChI is InChI=1S/C15H24N2OS/c1-19-15(9-3-2-4-10-15)12-17-13(18)14(11-16)7-5-6-8-14/h2-10,12H2,1H3,(H,17,18). The maximum absolute atomic E-state index is 12.4. The Labute approximate surface area is 120 Å². The summed E-state index contributed by atoms with van der Waals surface area (Å²) >= 11 is 1.89. The highest BCUT2D eigenvalue weighted by atomic mass is 32.2. The lowest BCUT2D eigenvalue weighted by Gasteiger charge is -2.36. The molecule has 2 aliphatic carbocycles. The molecular weight excluding hydrogens is 256 g/mol. The number of nitrogens with zero attached hydrogens (tertiary/aromatic N) is 1. The summed E-state index contributed by atoms with van der Waals surface area (Å²) in [6.07, 6.45) is 11.9. The minimum atomic E-state index is -0.728. The molecule has 3 nitrogen and oxygen atoms in total. The maximum Gasteiger partial charge on any atom is 0.240 e. The van der Waals surface area contributed by atoms with Crippen LogP contribution in [0, 0.1) is 16.7 Å². The number of rotatable bonds is 4. The average molecular weight is 280 g/mol. The lowest BCUT2D eigenvalue weighted by atomic mass is 9.85. The van der Waals surface area contributed by atoms with Crippen molar-refractivity contribution in [3.8, 4) is 6.07 Å². The van der Waals surface area contributed by atoms with E-state index in [1.54, 1.807) is 0 Å². The molecule has 0 aromatic heterocycles. The van der Waals surface area contributed by atoms with E-state index in [0.29, 0.717) is 0 Å². The van der Waals surface area contributed by atoms with E-state index in [4.69, 9.17) is 0 Å². The number of hydrogen-bond donors (Lipinski definition) is 1. The Kier molecular flexibility index (Phi) is 4.78. The molecule has 1 N–H and O–H groups in total. The maximum atomic E-state index is 12.4. The zero-order chi connectivity index (χ0) is 13.8. The second-order valence-corrected chi connectivity index (χ2v) is 7.31. The van der Waals surface area contributed by atoms with Gasteiger partial charge in [0.1, 0.15) is 5.41 Å². The van der Waals surface area contributed by atoms with Crippen LogP contribution >= 0.6 is 11.8 Å². The van der Waals surface area contributed by atoms with Gasteiger partial charge < -0.3 is 5.32 Å². The number of hydrogen-bond acceptors (Lipinski definition) is 3. The highest BCUT2D eigenvalue weighted by Gasteiger charge is 2.42. The lowest BCUT2D eigenvalue weighted by molar-refractivity contribution is -0.128. The van der Waals surface area contributed by atoms with E-state index in [1.165, 1.54) is 32.1 Å². The number of carbonyl (C=O) groups is 1. The Balaban J connectivity index is 1.94. The molecule has 2 aliphatic rings. The normalized spacial score (nSPS) is 24.6. The summed E-state index contributed by atoms with van der Waals surface area (Å²) in [4.78, 5) is 12.4. The molecule has 0 aromatic rings. The number of thioether (sulfide) groups is 1. The van der Waals surface area contributed by atoms with E-state index in [-0.39, 0.29) is 10.7 Å². The van der Waals surface area contributed by atoms with Crippen molar-refractivity contribution in [2.24, 2.45) is 5.41 Å². The molecule has 0 atom stereocenters. The number of amides is 1. The second-order valence-electron chi connectivity index (χ2n) is 6.03. The van der Waals surface area contributed by atoms with E-state index in [1.807, 2.05) is 11.8 Å². The Hall–Kier alpha value is -0.690. The Morgan fingerprint density at radius 2 is 1.74 bits per heavy atom. The average Bonchev–Trinajstić information content (AvgIpc) is 2.96. The first kappa shape index (κ1) is 14.7. The fourth-order valence-corrected chi connectivity index (χ4v) is 4.34. The van der Waals surface area contributed by atoms with Crippen LogP contribution in [0.2, 0.25) is 0 Å². The van der Waals surface area contributed by atoms with Gasteiger partial charge in [0.2, 0.25) is 5.91 Å². The molecule has 2 rings (SSSR count). The Morgan fingerprint density at radius 3 is 2.26 bits per heavy atom. The quantitative estimate of drug-likeness (QED) is 0.860. The summed E-state index contributed by atoms with van der Waals surface area (Å²) < 4.78 is 0.211. The third-order valence-corrected chi connectivity index (χ3v) is 6.29. The number of carbonyl (C=O) groups excluding carboxylic acids is 1. The van der Waals surface area contributed by atoms with Crippen molar-refractivity contribution in [2.45, 2.75) is 62.5 Å². The Morgan fingerprint density at radius 1 is 1.16 bits per heavy atom. The summed E-state index contributed by atoms with van der Waals surface area (Å²) in [5.74, 6) is -0.0218. The molecule has 0 bridgehead atoms. The molecule has 0 heterocycles. The van der Waals surface area contributed by atoms with Gasteiger partial charge in [-0.05, 0) is 31.9 Å². The molecule has 0 unspecified atom stereocenters. The van der Waals surface area contributed by atoms with Crippen LogP contribution in [0.5, 0.6) is 0 Å². The minimum Gasteiger partial charge on any atom is -0.353 e. The van der Waals surface area contributed by atoms with Crippen LogP contribution in [0.4, 0.5) is 0 Å². The first-order valence-electron chi connectivity index (χ1n) is 7.41. The van der Waals surface area contributed by atoms with Gasteiger partial charge >= 0.3 is 0 Å². The summed E-state index contributed by atoms with van der Waals surface area (Å²) in [5, 5.41) is 12.4. The molecule has 2 saturated carbocycles. The fourth-order valence-electron chi connectivity index (χ4n) is 3.43. The molecular formula is C15H24N2OS. The van der Waals surface area contributed by atoms with Crippen LogP contribution in [0.1, 0.15) is 57.8 Å². The van der Waals surface area contributed by atoms with Gasteiger partial charge in [0.25, 0.3) is 0 Å². The highest BCUT2D eigenvalue weighted by Crippen LogP contribution is 2.40. The van der Waals surface area contributed by atoms with Crippen LogP contribution in [0.25, 0.3) is 0 Å².